The van der Waals surface area contributed by atoms with Crippen molar-refractivity contribution >= 4 is 23.5 Å². The lowest BCUT2D eigenvalue weighted by atomic mass is 10.1. The maximum absolute atomic E-state index is 11.3. The third-order valence-electron chi connectivity index (χ3n) is 2.41. The van der Waals surface area contributed by atoms with Gasteiger partial charge in [0.1, 0.15) is 0 Å². The number of benzene rings is 1. The highest BCUT2D eigenvalue weighted by atomic mass is 35.5. The molecule has 0 unspecified atom stereocenters. The molecule has 1 aromatic rings. The van der Waals surface area contributed by atoms with E-state index in [1.54, 1.807) is 6.07 Å². The van der Waals surface area contributed by atoms with Crippen molar-refractivity contribution in [1.82, 2.24) is 5.32 Å². The molecule has 0 bridgehead atoms. The van der Waals surface area contributed by atoms with Crippen LogP contribution in [-0.4, -0.2) is 18.4 Å². The monoisotopic (exact) mass is 268 g/mol. The number of halogens is 1. The molecule has 0 aliphatic rings. The number of nitrogens with one attached hydrogen (secondary N) is 1. The molecule has 1 amide bonds. The lowest BCUT2D eigenvalue weighted by molar-refractivity contribution is -0.305. The van der Waals surface area contributed by atoms with E-state index in [1.807, 2.05) is 18.2 Å². The van der Waals surface area contributed by atoms with Gasteiger partial charge < -0.3 is 15.2 Å². The third-order valence-corrected chi connectivity index (χ3v) is 2.64. The van der Waals surface area contributed by atoms with Gasteiger partial charge in [-0.05, 0) is 37.0 Å². The predicted octanol–water partition coefficient (Wildman–Crippen LogP) is 0.919. The molecule has 1 rings (SSSR count). The van der Waals surface area contributed by atoms with E-state index in [9.17, 15) is 14.7 Å². The first-order valence-corrected chi connectivity index (χ1v) is 6.16. The van der Waals surface area contributed by atoms with Gasteiger partial charge in [-0.3, -0.25) is 4.79 Å². The first-order valence-electron chi connectivity index (χ1n) is 5.79. The number of carbonyl (C=O) groups excluding carboxylic acids is 2. The summed E-state index contributed by atoms with van der Waals surface area (Å²) < 4.78 is 0. The number of hydrogen-bond donors (Lipinski definition) is 1. The summed E-state index contributed by atoms with van der Waals surface area (Å²) in [5.74, 6) is -1.26. The molecule has 1 aromatic carbocycles. The summed E-state index contributed by atoms with van der Waals surface area (Å²) in [5.41, 5.74) is 1.05. The van der Waals surface area contributed by atoms with Crippen molar-refractivity contribution in [3.63, 3.8) is 0 Å². The highest BCUT2D eigenvalue weighted by molar-refractivity contribution is 6.30. The van der Waals surface area contributed by atoms with E-state index >= 15 is 0 Å². The second-order valence-corrected chi connectivity index (χ2v) is 4.39. The van der Waals surface area contributed by atoms with Gasteiger partial charge in [0.05, 0.1) is 0 Å². The predicted molar refractivity (Wildman–Crippen MR) is 67.0 cm³/mol. The van der Waals surface area contributed by atoms with E-state index in [-0.39, 0.29) is 18.7 Å². The van der Waals surface area contributed by atoms with Crippen molar-refractivity contribution in [1.29, 1.82) is 0 Å². The van der Waals surface area contributed by atoms with Crippen LogP contribution in [0.15, 0.2) is 24.3 Å². The van der Waals surface area contributed by atoms with Gasteiger partial charge in [-0.2, -0.15) is 0 Å². The Morgan fingerprint density at radius 2 is 2.06 bits per heavy atom. The molecular formula is C13H15ClNO3-. The van der Waals surface area contributed by atoms with Crippen LogP contribution in [0.3, 0.4) is 0 Å². The Morgan fingerprint density at radius 1 is 1.28 bits per heavy atom. The molecule has 0 spiro atoms. The average molecular weight is 269 g/mol. The van der Waals surface area contributed by atoms with E-state index in [2.05, 4.69) is 5.32 Å². The molecule has 98 valence electrons. The van der Waals surface area contributed by atoms with Gasteiger partial charge in [-0.15, -0.1) is 0 Å². The highest BCUT2D eigenvalue weighted by Crippen LogP contribution is 2.10. The number of rotatable bonds is 7. The molecular weight excluding hydrogens is 254 g/mol. The number of amides is 1. The molecule has 0 aliphatic heterocycles. The lowest BCUT2D eigenvalue weighted by Crippen LogP contribution is -2.26. The van der Waals surface area contributed by atoms with Crippen molar-refractivity contribution in [2.24, 2.45) is 0 Å². The Hall–Kier alpha value is -1.55. The minimum atomic E-state index is -1.12. The van der Waals surface area contributed by atoms with Crippen molar-refractivity contribution in [3.8, 4) is 0 Å². The summed E-state index contributed by atoms with van der Waals surface area (Å²) in [6.07, 6.45) is 1.14. The van der Waals surface area contributed by atoms with Crippen LogP contribution in [0, 0.1) is 0 Å². The number of carbonyl (C=O) groups is 2. The fourth-order valence-corrected chi connectivity index (χ4v) is 1.73. The van der Waals surface area contributed by atoms with Crippen LogP contribution in [0.5, 0.6) is 0 Å². The molecule has 0 saturated heterocycles. The first-order chi connectivity index (χ1) is 8.58. The van der Waals surface area contributed by atoms with Crippen LogP contribution < -0.4 is 10.4 Å². The van der Waals surface area contributed by atoms with Crippen LogP contribution in [0.1, 0.15) is 24.8 Å². The van der Waals surface area contributed by atoms with E-state index in [1.165, 1.54) is 0 Å². The molecule has 0 aromatic heterocycles. The fourth-order valence-electron chi connectivity index (χ4n) is 1.52. The number of aliphatic carboxylic acids is 1. The van der Waals surface area contributed by atoms with E-state index < -0.39 is 5.97 Å². The summed E-state index contributed by atoms with van der Waals surface area (Å²) in [7, 11) is 0. The summed E-state index contributed by atoms with van der Waals surface area (Å²) in [6, 6.07) is 7.45. The Labute approximate surface area is 111 Å². The van der Waals surface area contributed by atoms with Crippen LogP contribution in [0.4, 0.5) is 0 Å². The molecule has 0 aliphatic carbocycles. The summed E-state index contributed by atoms with van der Waals surface area (Å²) in [6.45, 7) is 0.518. The number of hydrogen-bond acceptors (Lipinski definition) is 3. The first kappa shape index (κ1) is 14.5. The number of carboxylic acids is 1. The molecule has 0 atom stereocenters. The van der Waals surface area contributed by atoms with Crippen molar-refractivity contribution in [3.05, 3.63) is 34.9 Å². The quantitative estimate of drug-likeness (QED) is 0.799. The zero-order valence-electron chi connectivity index (χ0n) is 9.95. The largest absolute Gasteiger partial charge is 0.550 e. The molecule has 5 heteroatoms. The zero-order chi connectivity index (χ0) is 13.4. The van der Waals surface area contributed by atoms with Crippen LogP contribution >= 0.6 is 11.6 Å². The van der Waals surface area contributed by atoms with Gasteiger partial charge >= 0.3 is 0 Å². The van der Waals surface area contributed by atoms with Gasteiger partial charge in [-0.1, -0.05) is 23.7 Å². The van der Waals surface area contributed by atoms with Gasteiger partial charge in [0.25, 0.3) is 0 Å². The molecule has 0 fully saturated rings. The highest BCUT2D eigenvalue weighted by Gasteiger charge is 2.01. The summed E-state index contributed by atoms with van der Waals surface area (Å²) in [5, 5.41) is 13.6. The normalized spacial score (nSPS) is 10.1. The number of carboxylic acid groups (broad SMARTS) is 1. The Morgan fingerprint density at radius 3 is 2.72 bits per heavy atom. The smallest absolute Gasteiger partial charge is 0.220 e. The Balaban J connectivity index is 2.17. The van der Waals surface area contributed by atoms with Gasteiger partial charge in [0.15, 0.2) is 0 Å². The fraction of sp³-hybridized carbons (Fsp3) is 0.385. The van der Waals surface area contributed by atoms with Gasteiger partial charge in [0, 0.05) is 24.0 Å². The Kier molecular flexibility index (Phi) is 6.22. The molecule has 0 radical (unpaired) electrons. The average Bonchev–Trinajstić information content (AvgIpc) is 2.28. The van der Waals surface area contributed by atoms with E-state index in [0.717, 1.165) is 5.56 Å². The summed E-state index contributed by atoms with van der Waals surface area (Å²) in [4.78, 5) is 21.5. The maximum Gasteiger partial charge on any atom is 0.220 e. The standard InChI is InChI=1S/C13H16ClNO3/c14-11-4-1-3-10(9-11)7-8-15-12(16)5-2-6-13(17)18/h1,3-4,9H,2,5-8H2,(H,15,16)(H,17,18)/p-1. The lowest BCUT2D eigenvalue weighted by Gasteiger charge is -2.06. The topological polar surface area (TPSA) is 69.2 Å². The SMILES string of the molecule is O=C([O-])CCCC(=O)NCCc1cccc(Cl)c1. The van der Waals surface area contributed by atoms with Gasteiger partial charge in [-0.25, -0.2) is 0 Å². The Bertz CT molecular complexity index is 420. The molecule has 0 saturated carbocycles. The van der Waals surface area contributed by atoms with E-state index in [0.29, 0.717) is 24.4 Å². The minimum Gasteiger partial charge on any atom is -0.550 e. The van der Waals surface area contributed by atoms with Crippen molar-refractivity contribution < 1.29 is 14.7 Å². The molecule has 1 N–H and O–H groups in total. The zero-order valence-corrected chi connectivity index (χ0v) is 10.7. The third kappa shape index (κ3) is 6.25. The van der Waals surface area contributed by atoms with Crippen molar-refractivity contribution in [2.45, 2.75) is 25.7 Å². The van der Waals surface area contributed by atoms with Crippen LogP contribution in [0.2, 0.25) is 5.02 Å². The molecule has 18 heavy (non-hydrogen) atoms. The minimum absolute atomic E-state index is 0.0816. The van der Waals surface area contributed by atoms with Crippen LogP contribution in [0.25, 0.3) is 0 Å². The van der Waals surface area contributed by atoms with Crippen molar-refractivity contribution in [2.75, 3.05) is 6.54 Å². The summed E-state index contributed by atoms with van der Waals surface area (Å²) >= 11 is 5.84. The molecule has 0 heterocycles. The van der Waals surface area contributed by atoms with Crippen LogP contribution in [-0.2, 0) is 16.0 Å². The van der Waals surface area contributed by atoms with Gasteiger partial charge in [0.2, 0.25) is 5.91 Å². The van der Waals surface area contributed by atoms with E-state index in [4.69, 9.17) is 11.6 Å². The molecule has 4 nitrogen and oxygen atoms in total. The second kappa shape index (κ2) is 7.71. The maximum atomic E-state index is 11.3. The second-order valence-electron chi connectivity index (χ2n) is 3.96.